The zero-order valence-corrected chi connectivity index (χ0v) is 17.3. The van der Waals surface area contributed by atoms with Crippen LogP contribution in [-0.4, -0.2) is 29.4 Å². The quantitative estimate of drug-likeness (QED) is 0.808. The van der Waals surface area contributed by atoms with Crippen molar-refractivity contribution in [3.63, 3.8) is 0 Å². The first-order chi connectivity index (χ1) is 13.4. The van der Waals surface area contributed by atoms with Crippen LogP contribution in [0.4, 0.5) is 0 Å². The summed E-state index contributed by atoms with van der Waals surface area (Å²) in [6.07, 6.45) is 1.85. The lowest BCUT2D eigenvalue weighted by atomic mass is 9.94. The van der Waals surface area contributed by atoms with Gasteiger partial charge in [0.15, 0.2) is 0 Å². The molecule has 0 bridgehead atoms. The van der Waals surface area contributed by atoms with E-state index in [0.29, 0.717) is 6.61 Å². The largest absolute Gasteiger partial charge is 0.489 e. The second-order valence-electron chi connectivity index (χ2n) is 8.71. The maximum Gasteiger partial charge on any atom is 0.223 e. The summed E-state index contributed by atoms with van der Waals surface area (Å²) in [6.45, 7) is 9.50. The summed E-state index contributed by atoms with van der Waals surface area (Å²) in [5, 5.41) is 3.11. The molecule has 1 N–H and O–H groups in total. The Kier molecular flexibility index (Phi) is 6.74. The molecule has 3 rings (SSSR count). The Bertz CT molecular complexity index is 760. The average Bonchev–Trinajstić information content (AvgIpc) is 2.67. The van der Waals surface area contributed by atoms with Gasteiger partial charge >= 0.3 is 0 Å². The lowest BCUT2D eigenvalue weighted by Crippen LogP contribution is -2.46. The fourth-order valence-electron chi connectivity index (χ4n) is 3.56. The molecule has 28 heavy (non-hydrogen) atoms. The summed E-state index contributed by atoms with van der Waals surface area (Å²) in [5.74, 6) is 1.24. The molecule has 0 spiro atoms. The van der Waals surface area contributed by atoms with Gasteiger partial charge in [-0.15, -0.1) is 0 Å². The first-order valence-electron chi connectivity index (χ1n) is 10.2. The van der Waals surface area contributed by atoms with Crippen LogP contribution in [0.1, 0.15) is 44.7 Å². The van der Waals surface area contributed by atoms with Crippen molar-refractivity contribution in [1.29, 1.82) is 0 Å². The Hall–Kier alpha value is -2.33. The summed E-state index contributed by atoms with van der Waals surface area (Å²) in [5.41, 5.74) is 2.26. The highest BCUT2D eigenvalue weighted by Gasteiger charge is 2.27. The van der Waals surface area contributed by atoms with E-state index in [1.54, 1.807) is 0 Å². The first kappa shape index (κ1) is 20.4. The van der Waals surface area contributed by atoms with Crippen molar-refractivity contribution in [2.75, 3.05) is 13.1 Å². The van der Waals surface area contributed by atoms with Gasteiger partial charge in [-0.25, -0.2) is 0 Å². The molecule has 4 heteroatoms. The molecule has 1 fully saturated rings. The number of hydrogen-bond acceptors (Lipinski definition) is 3. The smallest absolute Gasteiger partial charge is 0.223 e. The molecule has 1 aliphatic heterocycles. The van der Waals surface area contributed by atoms with E-state index < -0.39 is 0 Å². The van der Waals surface area contributed by atoms with Gasteiger partial charge in [0.2, 0.25) is 5.91 Å². The zero-order valence-electron chi connectivity index (χ0n) is 17.3. The molecule has 1 amide bonds. The van der Waals surface area contributed by atoms with Crippen LogP contribution in [0, 0.1) is 5.92 Å². The molecule has 0 unspecified atom stereocenters. The van der Waals surface area contributed by atoms with Crippen molar-refractivity contribution in [3.05, 3.63) is 65.7 Å². The highest BCUT2D eigenvalue weighted by Crippen LogP contribution is 2.22. The lowest BCUT2D eigenvalue weighted by molar-refractivity contribution is -0.127. The van der Waals surface area contributed by atoms with E-state index in [9.17, 15) is 4.79 Å². The van der Waals surface area contributed by atoms with Gasteiger partial charge in [-0.05, 0) is 70.0 Å². The molecule has 0 aliphatic carbocycles. The van der Waals surface area contributed by atoms with E-state index in [2.05, 4.69) is 40.5 Å². The number of likely N-dealkylation sites (tertiary alicyclic amines) is 1. The fourth-order valence-corrected chi connectivity index (χ4v) is 3.56. The maximum absolute atomic E-state index is 12.4. The summed E-state index contributed by atoms with van der Waals surface area (Å²) in [6, 6.07) is 18.6. The third-order valence-electron chi connectivity index (χ3n) is 5.01. The van der Waals surface area contributed by atoms with Gasteiger partial charge in [0, 0.05) is 18.0 Å². The van der Waals surface area contributed by atoms with Crippen LogP contribution >= 0.6 is 0 Å². The summed E-state index contributed by atoms with van der Waals surface area (Å²) >= 11 is 0. The standard InChI is InChI=1S/C24H32N2O2/c1-24(2,3)25-23(27)21-12-14-26(15-13-21)17-20-10-7-11-22(16-20)28-18-19-8-5-4-6-9-19/h4-11,16,21H,12-15,17-18H2,1-3H3,(H,25,27). The minimum Gasteiger partial charge on any atom is -0.489 e. The summed E-state index contributed by atoms with van der Waals surface area (Å²) in [7, 11) is 0. The third-order valence-corrected chi connectivity index (χ3v) is 5.01. The molecule has 0 atom stereocenters. The number of piperidine rings is 1. The van der Waals surface area contributed by atoms with Gasteiger partial charge in [0.1, 0.15) is 12.4 Å². The molecule has 2 aromatic carbocycles. The Balaban J connectivity index is 1.48. The molecule has 1 aliphatic rings. The van der Waals surface area contributed by atoms with Crippen LogP contribution in [-0.2, 0) is 17.9 Å². The number of amides is 1. The van der Waals surface area contributed by atoms with E-state index in [1.165, 1.54) is 11.1 Å². The molecule has 0 radical (unpaired) electrons. The van der Waals surface area contributed by atoms with E-state index in [1.807, 2.05) is 45.0 Å². The lowest BCUT2D eigenvalue weighted by Gasteiger charge is -2.33. The molecule has 2 aromatic rings. The van der Waals surface area contributed by atoms with Crippen LogP contribution in [0.25, 0.3) is 0 Å². The van der Waals surface area contributed by atoms with Crippen LogP contribution < -0.4 is 10.1 Å². The highest BCUT2D eigenvalue weighted by molar-refractivity contribution is 5.79. The second-order valence-corrected chi connectivity index (χ2v) is 8.71. The molecule has 1 heterocycles. The number of nitrogens with zero attached hydrogens (tertiary/aromatic N) is 1. The number of carbonyl (C=O) groups is 1. The molecule has 1 saturated heterocycles. The fraction of sp³-hybridized carbons (Fsp3) is 0.458. The van der Waals surface area contributed by atoms with Gasteiger partial charge < -0.3 is 10.1 Å². The Morgan fingerprint density at radius 2 is 1.71 bits per heavy atom. The van der Waals surface area contributed by atoms with Crippen molar-refractivity contribution in [3.8, 4) is 5.75 Å². The SMILES string of the molecule is CC(C)(C)NC(=O)C1CCN(Cc2cccc(OCc3ccccc3)c2)CC1. The van der Waals surface area contributed by atoms with E-state index in [0.717, 1.165) is 38.2 Å². The zero-order chi connectivity index (χ0) is 20.0. The normalized spacial score (nSPS) is 16.0. The predicted molar refractivity (Wildman–Crippen MR) is 113 cm³/mol. The van der Waals surface area contributed by atoms with Crippen LogP contribution in [0.3, 0.4) is 0 Å². The monoisotopic (exact) mass is 380 g/mol. The maximum atomic E-state index is 12.4. The Labute approximate surface area is 168 Å². The second kappa shape index (κ2) is 9.24. The number of nitrogens with one attached hydrogen (secondary N) is 1. The average molecular weight is 381 g/mol. The number of hydrogen-bond donors (Lipinski definition) is 1. The summed E-state index contributed by atoms with van der Waals surface area (Å²) < 4.78 is 5.95. The topological polar surface area (TPSA) is 41.6 Å². The minimum atomic E-state index is -0.158. The Morgan fingerprint density at radius 1 is 1.04 bits per heavy atom. The van der Waals surface area contributed by atoms with E-state index in [4.69, 9.17) is 4.74 Å². The van der Waals surface area contributed by atoms with Gasteiger partial charge in [-0.3, -0.25) is 9.69 Å². The molecule has 150 valence electrons. The van der Waals surface area contributed by atoms with E-state index in [-0.39, 0.29) is 17.4 Å². The predicted octanol–water partition coefficient (Wildman–Crippen LogP) is 4.39. The van der Waals surface area contributed by atoms with Crippen molar-refractivity contribution in [2.24, 2.45) is 5.92 Å². The van der Waals surface area contributed by atoms with Crippen molar-refractivity contribution < 1.29 is 9.53 Å². The van der Waals surface area contributed by atoms with Gasteiger partial charge in [-0.2, -0.15) is 0 Å². The van der Waals surface area contributed by atoms with Gasteiger partial charge in [0.05, 0.1) is 0 Å². The Morgan fingerprint density at radius 3 is 2.39 bits per heavy atom. The molecule has 4 nitrogen and oxygen atoms in total. The van der Waals surface area contributed by atoms with Crippen molar-refractivity contribution >= 4 is 5.91 Å². The number of benzene rings is 2. The summed E-state index contributed by atoms with van der Waals surface area (Å²) in [4.78, 5) is 14.8. The van der Waals surface area contributed by atoms with Crippen LogP contribution in [0.15, 0.2) is 54.6 Å². The van der Waals surface area contributed by atoms with Crippen molar-refractivity contribution in [1.82, 2.24) is 10.2 Å². The van der Waals surface area contributed by atoms with E-state index >= 15 is 0 Å². The molecule has 0 aromatic heterocycles. The van der Waals surface area contributed by atoms with Crippen LogP contribution in [0.2, 0.25) is 0 Å². The number of rotatable bonds is 6. The molecular formula is C24H32N2O2. The molecule has 0 saturated carbocycles. The van der Waals surface area contributed by atoms with Gasteiger partial charge in [0.25, 0.3) is 0 Å². The molecular weight excluding hydrogens is 348 g/mol. The number of carbonyl (C=O) groups excluding carboxylic acids is 1. The highest BCUT2D eigenvalue weighted by atomic mass is 16.5. The first-order valence-corrected chi connectivity index (χ1v) is 10.2. The van der Waals surface area contributed by atoms with Crippen molar-refractivity contribution in [2.45, 2.75) is 52.3 Å². The third kappa shape index (κ3) is 6.38. The number of ether oxygens (including phenoxy) is 1. The van der Waals surface area contributed by atoms with Gasteiger partial charge in [-0.1, -0.05) is 42.5 Å². The van der Waals surface area contributed by atoms with Crippen LogP contribution in [0.5, 0.6) is 5.75 Å². The minimum absolute atomic E-state index is 0.135.